The van der Waals surface area contributed by atoms with Crippen LogP contribution in [0.1, 0.15) is 22.7 Å². The van der Waals surface area contributed by atoms with Crippen molar-refractivity contribution in [2.24, 2.45) is 0 Å². The molecule has 0 fully saturated rings. The Balaban J connectivity index is 1.66. The second-order valence-electron chi connectivity index (χ2n) is 6.95. The fraction of sp³-hybridized carbons (Fsp3) is 0.154. The zero-order chi connectivity index (χ0) is 21.9. The topological polar surface area (TPSA) is 74.1 Å². The van der Waals surface area contributed by atoms with Crippen molar-refractivity contribution in [1.82, 2.24) is 10.6 Å². The molecule has 0 bridgehead atoms. The highest BCUT2D eigenvalue weighted by Crippen LogP contribution is 2.22. The SMILES string of the molecule is COc1cccc(CCN/C=C(/C#N)C(=O)NC(c2ccccc2)c2ccccc2)c1. The van der Waals surface area contributed by atoms with Crippen molar-refractivity contribution >= 4 is 5.91 Å². The molecule has 0 radical (unpaired) electrons. The summed E-state index contributed by atoms with van der Waals surface area (Å²) in [5.74, 6) is 0.382. The Bertz CT molecular complexity index is 1020. The Hall–Kier alpha value is -4.04. The van der Waals surface area contributed by atoms with Crippen LogP contribution in [0.25, 0.3) is 0 Å². The molecule has 0 saturated heterocycles. The number of rotatable bonds is 9. The predicted octanol–water partition coefficient (Wildman–Crippen LogP) is 4.14. The van der Waals surface area contributed by atoms with Gasteiger partial charge >= 0.3 is 0 Å². The van der Waals surface area contributed by atoms with Crippen LogP contribution in [0.2, 0.25) is 0 Å². The first kappa shape index (κ1) is 21.7. The van der Waals surface area contributed by atoms with Gasteiger partial charge in [-0.3, -0.25) is 4.79 Å². The van der Waals surface area contributed by atoms with E-state index in [0.717, 1.165) is 28.9 Å². The molecule has 0 aliphatic rings. The summed E-state index contributed by atoms with van der Waals surface area (Å²) in [6.07, 6.45) is 2.22. The minimum atomic E-state index is -0.422. The molecule has 31 heavy (non-hydrogen) atoms. The Labute approximate surface area is 183 Å². The van der Waals surface area contributed by atoms with Crippen LogP contribution in [0, 0.1) is 11.3 Å². The summed E-state index contributed by atoms with van der Waals surface area (Å²) < 4.78 is 5.23. The number of nitrogens with zero attached hydrogens (tertiary/aromatic N) is 1. The van der Waals surface area contributed by atoms with E-state index in [1.165, 1.54) is 6.20 Å². The summed E-state index contributed by atoms with van der Waals surface area (Å²) in [5.41, 5.74) is 3.04. The minimum Gasteiger partial charge on any atom is -0.497 e. The van der Waals surface area contributed by atoms with Crippen LogP contribution < -0.4 is 15.4 Å². The molecule has 0 unspecified atom stereocenters. The lowest BCUT2D eigenvalue weighted by Gasteiger charge is -2.19. The number of carbonyl (C=O) groups is 1. The highest BCUT2D eigenvalue weighted by Gasteiger charge is 2.19. The fourth-order valence-electron chi connectivity index (χ4n) is 3.23. The molecule has 0 aliphatic carbocycles. The van der Waals surface area contributed by atoms with E-state index in [0.29, 0.717) is 6.54 Å². The average Bonchev–Trinajstić information content (AvgIpc) is 2.83. The summed E-state index contributed by atoms with van der Waals surface area (Å²) in [5, 5.41) is 15.6. The number of hydrogen-bond acceptors (Lipinski definition) is 4. The Morgan fingerprint density at radius 2 is 1.65 bits per heavy atom. The molecular weight excluding hydrogens is 386 g/mol. The molecule has 5 heteroatoms. The molecule has 0 atom stereocenters. The van der Waals surface area contributed by atoms with Crippen molar-refractivity contribution in [3.63, 3.8) is 0 Å². The van der Waals surface area contributed by atoms with Gasteiger partial charge in [0, 0.05) is 12.7 Å². The average molecular weight is 412 g/mol. The van der Waals surface area contributed by atoms with Crippen LogP contribution in [0.3, 0.4) is 0 Å². The fourth-order valence-corrected chi connectivity index (χ4v) is 3.23. The van der Waals surface area contributed by atoms with Crippen LogP contribution in [-0.4, -0.2) is 19.6 Å². The van der Waals surface area contributed by atoms with E-state index in [4.69, 9.17) is 4.74 Å². The van der Waals surface area contributed by atoms with Crippen LogP contribution >= 0.6 is 0 Å². The summed E-state index contributed by atoms with van der Waals surface area (Å²) >= 11 is 0. The van der Waals surface area contributed by atoms with Gasteiger partial charge in [0.05, 0.1) is 13.2 Å². The molecule has 1 amide bonds. The second kappa shape index (κ2) is 11.2. The summed E-state index contributed by atoms with van der Waals surface area (Å²) in [6, 6.07) is 28.9. The monoisotopic (exact) mass is 411 g/mol. The van der Waals surface area contributed by atoms with E-state index in [9.17, 15) is 10.1 Å². The molecule has 0 aromatic heterocycles. The molecule has 3 rings (SSSR count). The van der Waals surface area contributed by atoms with Crippen LogP contribution in [0.15, 0.2) is 96.7 Å². The molecule has 0 aliphatic heterocycles. The Morgan fingerprint density at radius 3 is 2.23 bits per heavy atom. The van der Waals surface area contributed by atoms with E-state index in [-0.39, 0.29) is 11.6 Å². The van der Waals surface area contributed by atoms with Gasteiger partial charge in [0.1, 0.15) is 17.4 Å². The first-order valence-corrected chi connectivity index (χ1v) is 10.1. The maximum Gasteiger partial charge on any atom is 0.264 e. The molecule has 2 N–H and O–H groups in total. The molecule has 3 aromatic carbocycles. The van der Waals surface area contributed by atoms with Crippen LogP contribution in [-0.2, 0) is 11.2 Å². The highest BCUT2D eigenvalue weighted by atomic mass is 16.5. The number of amides is 1. The third-order valence-electron chi connectivity index (χ3n) is 4.84. The van der Waals surface area contributed by atoms with Gasteiger partial charge < -0.3 is 15.4 Å². The molecule has 3 aromatic rings. The third kappa shape index (κ3) is 6.22. The van der Waals surface area contributed by atoms with Gasteiger partial charge in [-0.1, -0.05) is 72.8 Å². The van der Waals surface area contributed by atoms with Gasteiger partial charge in [-0.25, -0.2) is 0 Å². The van der Waals surface area contributed by atoms with Gasteiger partial charge in [0.2, 0.25) is 0 Å². The summed E-state index contributed by atoms with van der Waals surface area (Å²) in [4.78, 5) is 12.8. The van der Waals surface area contributed by atoms with Gasteiger partial charge in [-0.05, 0) is 35.2 Å². The molecule has 5 nitrogen and oxygen atoms in total. The van der Waals surface area contributed by atoms with Crippen molar-refractivity contribution in [3.8, 4) is 11.8 Å². The lowest BCUT2D eigenvalue weighted by molar-refractivity contribution is -0.117. The molecule has 0 spiro atoms. The normalized spacial score (nSPS) is 10.9. The lowest BCUT2D eigenvalue weighted by Crippen LogP contribution is -2.31. The van der Waals surface area contributed by atoms with Crippen molar-refractivity contribution in [3.05, 3.63) is 113 Å². The third-order valence-corrected chi connectivity index (χ3v) is 4.84. The van der Waals surface area contributed by atoms with Gasteiger partial charge in [0.15, 0.2) is 0 Å². The minimum absolute atomic E-state index is 0.0301. The Morgan fingerprint density at radius 1 is 1.00 bits per heavy atom. The van der Waals surface area contributed by atoms with Crippen LogP contribution in [0.4, 0.5) is 0 Å². The maximum absolute atomic E-state index is 12.8. The predicted molar refractivity (Wildman–Crippen MR) is 121 cm³/mol. The zero-order valence-electron chi connectivity index (χ0n) is 17.4. The van der Waals surface area contributed by atoms with E-state index >= 15 is 0 Å². The van der Waals surface area contributed by atoms with Crippen LogP contribution in [0.5, 0.6) is 5.75 Å². The highest BCUT2D eigenvalue weighted by molar-refractivity contribution is 5.97. The number of hydrogen-bond donors (Lipinski definition) is 2. The van der Waals surface area contributed by atoms with E-state index in [1.807, 2.05) is 91.0 Å². The number of carbonyl (C=O) groups excluding carboxylic acids is 1. The van der Waals surface area contributed by atoms with Crippen molar-refractivity contribution < 1.29 is 9.53 Å². The molecule has 0 saturated carbocycles. The lowest BCUT2D eigenvalue weighted by atomic mass is 9.98. The number of nitrogens with one attached hydrogen (secondary N) is 2. The Kier molecular flexibility index (Phi) is 7.84. The summed E-state index contributed by atoms with van der Waals surface area (Å²) in [7, 11) is 1.63. The summed E-state index contributed by atoms with van der Waals surface area (Å²) in [6.45, 7) is 0.590. The van der Waals surface area contributed by atoms with Crippen molar-refractivity contribution in [2.45, 2.75) is 12.5 Å². The number of nitriles is 1. The van der Waals surface area contributed by atoms with Gasteiger partial charge in [-0.2, -0.15) is 5.26 Å². The first-order valence-electron chi connectivity index (χ1n) is 10.1. The van der Waals surface area contributed by atoms with E-state index in [1.54, 1.807) is 7.11 Å². The van der Waals surface area contributed by atoms with Crippen molar-refractivity contribution in [2.75, 3.05) is 13.7 Å². The standard InChI is InChI=1S/C26H25N3O2/c1-31-24-14-8-9-20(17-24)15-16-28-19-23(18-27)26(30)29-25(21-10-4-2-5-11-21)22-12-6-3-7-13-22/h2-14,17,19,25,28H,15-16H2,1H3,(H,29,30)/b23-19-. The number of ether oxygens (including phenoxy) is 1. The van der Waals surface area contributed by atoms with Gasteiger partial charge in [-0.15, -0.1) is 0 Å². The van der Waals surface area contributed by atoms with Crippen molar-refractivity contribution in [1.29, 1.82) is 5.26 Å². The largest absolute Gasteiger partial charge is 0.497 e. The maximum atomic E-state index is 12.8. The molecule has 156 valence electrons. The molecular formula is C26H25N3O2. The van der Waals surface area contributed by atoms with Gasteiger partial charge in [0.25, 0.3) is 5.91 Å². The molecule has 0 heterocycles. The number of benzene rings is 3. The quantitative estimate of drug-likeness (QED) is 0.315. The second-order valence-corrected chi connectivity index (χ2v) is 6.95. The van der Waals surface area contributed by atoms with E-state index in [2.05, 4.69) is 10.6 Å². The first-order chi connectivity index (χ1) is 15.2. The smallest absolute Gasteiger partial charge is 0.264 e. The van der Waals surface area contributed by atoms with E-state index < -0.39 is 5.91 Å². The zero-order valence-corrected chi connectivity index (χ0v) is 17.4. The number of methoxy groups -OCH3 is 1.